The summed E-state index contributed by atoms with van der Waals surface area (Å²) in [6, 6.07) is 6.10. The van der Waals surface area contributed by atoms with Crippen molar-refractivity contribution in [1.82, 2.24) is 5.32 Å². The zero-order valence-corrected chi connectivity index (χ0v) is 12.5. The van der Waals surface area contributed by atoms with Gasteiger partial charge in [-0.2, -0.15) is 0 Å². The van der Waals surface area contributed by atoms with Gasteiger partial charge in [0.25, 0.3) is 0 Å². The van der Waals surface area contributed by atoms with E-state index in [9.17, 15) is 4.79 Å². The molecule has 1 N–H and O–H groups in total. The Balaban J connectivity index is 2.30. The van der Waals surface area contributed by atoms with Crippen LogP contribution in [0.3, 0.4) is 0 Å². The lowest BCUT2D eigenvalue weighted by Gasteiger charge is -2.36. The van der Waals surface area contributed by atoms with E-state index in [4.69, 9.17) is 9.47 Å². The summed E-state index contributed by atoms with van der Waals surface area (Å²) in [5, 5.41) is 3.40. The third kappa shape index (κ3) is 2.80. The van der Waals surface area contributed by atoms with Gasteiger partial charge in [-0.15, -0.1) is 0 Å². The Hall–Kier alpha value is -1.55. The average Bonchev–Trinajstić information content (AvgIpc) is 2.51. The largest absolute Gasteiger partial charge is 0.497 e. The number of hydrogen-bond donors (Lipinski definition) is 1. The van der Waals surface area contributed by atoms with Gasteiger partial charge in [0.1, 0.15) is 11.3 Å². The predicted octanol–water partition coefficient (Wildman–Crippen LogP) is 2.10. The van der Waals surface area contributed by atoms with E-state index in [0.717, 1.165) is 31.6 Å². The molecule has 1 aliphatic carbocycles. The minimum Gasteiger partial charge on any atom is -0.497 e. The highest BCUT2D eigenvalue weighted by Crippen LogP contribution is 2.32. The smallest absolute Gasteiger partial charge is 0.326 e. The first kappa shape index (κ1) is 14.9. The first-order chi connectivity index (χ1) is 9.65. The number of benzene rings is 1. The van der Waals surface area contributed by atoms with Crippen LogP contribution in [0.2, 0.25) is 0 Å². The summed E-state index contributed by atoms with van der Waals surface area (Å²) in [6.07, 6.45) is 3.31. The maximum atomic E-state index is 12.2. The summed E-state index contributed by atoms with van der Waals surface area (Å²) in [4.78, 5) is 12.2. The number of esters is 1. The molecule has 0 aliphatic heterocycles. The summed E-state index contributed by atoms with van der Waals surface area (Å²) >= 11 is 0. The zero-order valence-electron chi connectivity index (χ0n) is 12.5. The fourth-order valence-corrected chi connectivity index (χ4v) is 2.86. The molecule has 4 heteroatoms. The van der Waals surface area contributed by atoms with Crippen LogP contribution in [0, 0.1) is 0 Å². The first-order valence-electron chi connectivity index (χ1n) is 7.14. The van der Waals surface area contributed by atoms with Gasteiger partial charge in [-0.1, -0.05) is 13.0 Å². The fraction of sp³-hybridized carbons (Fsp3) is 0.562. The Morgan fingerprint density at radius 2 is 2.15 bits per heavy atom. The van der Waals surface area contributed by atoms with Gasteiger partial charge in [-0.3, -0.25) is 4.79 Å². The lowest BCUT2D eigenvalue weighted by molar-refractivity contribution is -0.149. The fourth-order valence-electron chi connectivity index (χ4n) is 2.86. The van der Waals surface area contributed by atoms with E-state index in [2.05, 4.69) is 18.3 Å². The molecule has 0 aromatic heterocycles. The Morgan fingerprint density at radius 3 is 2.80 bits per heavy atom. The van der Waals surface area contributed by atoms with Crippen LogP contribution < -0.4 is 10.1 Å². The van der Waals surface area contributed by atoms with Gasteiger partial charge >= 0.3 is 5.97 Å². The standard InChI is InChI=1S/C16H23NO3/c1-4-9-17-16(15(18)20-3)8-7-12-5-6-14(19-2)10-13(12)11-16/h5-6,10,17H,4,7-9,11H2,1-3H3. The van der Waals surface area contributed by atoms with E-state index in [-0.39, 0.29) is 5.97 Å². The van der Waals surface area contributed by atoms with Crippen LogP contribution >= 0.6 is 0 Å². The quantitative estimate of drug-likeness (QED) is 0.837. The van der Waals surface area contributed by atoms with Gasteiger partial charge < -0.3 is 14.8 Å². The lowest BCUT2D eigenvalue weighted by Crippen LogP contribution is -2.56. The van der Waals surface area contributed by atoms with Crippen molar-refractivity contribution in [2.75, 3.05) is 20.8 Å². The van der Waals surface area contributed by atoms with Crippen molar-refractivity contribution in [3.8, 4) is 5.75 Å². The molecule has 0 saturated heterocycles. The number of carbonyl (C=O) groups excluding carboxylic acids is 1. The molecule has 0 spiro atoms. The highest BCUT2D eigenvalue weighted by molar-refractivity contribution is 5.82. The Labute approximate surface area is 120 Å². The SMILES string of the molecule is CCCNC1(C(=O)OC)CCc2ccc(OC)cc2C1. The lowest BCUT2D eigenvalue weighted by atomic mass is 9.77. The highest BCUT2D eigenvalue weighted by Gasteiger charge is 2.41. The molecule has 4 nitrogen and oxygen atoms in total. The Morgan fingerprint density at radius 1 is 1.35 bits per heavy atom. The van der Waals surface area contributed by atoms with Gasteiger partial charge in [0.2, 0.25) is 0 Å². The Kier molecular flexibility index (Phi) is 4.65. The molecule has 0 radical (unpaired) electrons. The van der Waals surface area contributed by atoms with Crippen LogP contribution in [0.15, 0.2) is 18.2 Å². The van der Waals surface area contributed by atoms with E-state index < -0.39 is 5.54 Å². The third-order valence-corrected chi connectivity index (χ3v) is 4.02. The van der Waals surface area contributed by atoms with Crippen molar-refractivity contribution in [2.45, 2.75) is 38.1 Å². The molecule has 0 bridgehead atoms. The maximum absolute atomic E-state index is 12.2. The van der Waals surface area contributed by atoms with Crippen LogP contribution in [-0.2, 0) is 22.4 Å². The molecule has 0 heterocycles. The van der Waals surface area contributed by atoms with Gasteiger partial charge in [0.05, 0.1) is 14.2 Å². The highest BCUT2D eigenvalue weighted by atomic mass is 16.5. The topological polar surface area (TPSA) is 47.6 Å². The number of rotatable bonds is 5. The molecule has 1 unspecified atom stereocenters. The molecule has 1 atom stereocenters. The van der Waals surface area contributed by atoms with Gasteiger partial charge in [0, 0.05) is 6.42 Å². The molecule has 0 amide bonds. The Bertz CT molecular complexity index is 487. The molecule has 20 heavy (non-hydrogen) atoms. The van der Waals surface area contributed by atoms with Crippen molar-refractivity contribution in [1.29, 1.82) is 0 Å². The van der Waals surface area contributed by atoms with Gasteiger partial charge in [-0.25, -0.2) is 0 Å². The maximum Gasteiger partial charge on any atom is 0.326 e. The molecule has 1 aromatic rings. The van der Waals surface area contributed by atoms with E-state index in [0.29, 0.717) is 6.42 Å². The average molecular weight is 277 g/mol. The number of aryl methyl sites for hydroxylation is 1. The van der Waals surface area contributed by atoms with E-state index in [1.54, 1.807) is 7.11 Å². The summed E-state index contributed by atoms with van der Waals surface area (Å²) in [5.41, 5.74) is 1.87. The van der Waals surface area contributed by atoms with Crippen LogP contribution in [0.25, 0.3) is 0 Å². The molecule has 0 saturated carbocycles. The van der Waals surface area contributed by atoms with Crippen LogP contribution in [0.1, 0.15) is 30.9 Å². The zero-order chi connectivity index (χ0) is 14.6. The van der Waals surface area contributed by atoms with Gasteiger partial charge in [-0.05, 0) is 49.1 Å². The predicted molar refractivity (Wildman–Crippen MR) is 78.1 cm³/mol. The minimum atomic E-state index is -0.593. The van der Waals surface area contributed by atoms with Crippen molar-refractivity contribution < 1.29 is 14.3 Å². The van der Waals surface area contributed by atoms with Crippen LogP contribution in [0.5, 0.6) is 5.75 Å². The van der Waals surface area contributed by atoms with Crippen molar-refractivity contribution in [3.63, 3.8) is 0 Å². The van der Waals surface area contributed by atoms with Crippen molar-refractivity contribution in [3.05, 3.63) is 29.3 Å². The molecule has 1 aliphatic rings. The summed E-state index contributed by atoms with van der Waals surface area (Å²) in [6.45, 7) is 2.91. The molecule has 0 fully saturated rings. The van der Waals surface area contributed by atoms with E-state index in [1.165, 1.54) is 18.2 Å². The number of methoxy groups -OCH3 is 2. The van der Waals surface area contributed by atoms with Crippen LogP contribution in [0.4, 0.5) is 0 Å². The van der Waals surface area contributed by atoms with Crippen molar-refractivity contribution >= 4 is 5.97 Å². The molecule has 110 valence electrons. The normalized spacial score (nSPS) is 21.1. The monoisotopic (exact) mass is 277 g/mol. The molecular weight excluding hydrogens is 254 g/mol. The second-order valence-electron chi connectivity index (χ2n) is 5.31. The summed E-state index contributed by atoms with van der Waals surface area (Å²) < 4.78 is 10.3. The number of nitrogens with one attached hydrogen (secondary N) is 1. The first-order valence-corrected chi connectivity index (χ1v) is 7.14. The van der Waals surface area contributed by atoms with Crippen molar-refractivity contribution in [2.24, 2.45) is 0 Å². The molecule has 1 aromatic carbocycles. The van der Waals surface area contributed by atoms with Gasteiger partial charge in [0.15, 0.2) is 0 Å². The molecular formula is C16H23NO3. The summed E-state index contributed by atoms with van der Waals surface area (Å²) in [7, 11) is 3.12. The number of ether oxygens (including phenoxy) is 2. The second kappa shape index (κ2) is 6.27. The number of hydrogen-bond acceptors (Lipinski definition) is 4. The number of carbonyl (C=O) groups is 1. The summed E-state index contributed by atoms with van der Waals surface area (Å²) in [5.74, 6) is 0.666. The molecule has 2 rings (SSSR count). The number of fused-ring (bicyclic) bond motifs is 1. The second-order valence-corrected chi connectivity index (χ2v) is 5.31. The van der Waals surface area contributed by atoms with Crippen LogP contribution in [-0.4, -0.2) is 32.3 Å². The van der Waals surface area contributed by atoms with E-state index in [1.807, 2.05) is 12.1 Å². The minimum absolute atomic E-state index is 0.167. The van der Waals surface area contributed by atoms with E-state index >= 15 is 0 Å². The third-order valence-electron chi connectivity index (χ3n) is 4.02.